The molecule has 1 saturated heterocycles. The summed E-state index contributed by atoms with van der Waals surface area (Å²) in [7, 11) is -3.35. The quantitative estimate of drug-likeness (QED) is 0.900. The molecule has 1 aliphatic rings. The zero-order valence-electron chi connectivity index (χ0n) is 10.8. The molecule has 1 aromatic rings. The van der Waals surface area contributed by atoms with E-state index in [1.807, 2.05) is 19.9 Å². The van der Waals surface area contributed by atoms with Crippen LogP contribution in [0.4, 0.5) is 0 Å². The Morgan fingerprint density at radius 3 is 2.72 bits per heavy atom. The van der Waals surface area contributed by atoms with E-state index in [0.717, 1.165) is 12.0 Å². The molecule has 2 N–H and O–H groups in total. The van der Waals surface area contributed by atoms with Gasteiger partial charge in [0, 0.05) is 19.1 Å². The van der Waals surface area contributed by atoms with Crippen LogP contribution in [-0.2, 0) is 10.0 Å². The highest BCUT2D eigenvalue weighted by Gasteiger charge is 2.33. The van der Waals surface area contributed by atoms with Crippen LogP contribution in [-0.4, -0.2) is 31.9 Å². The van der Waals surface area contributed by atoms with Crippen molar-refractivity contribution in [3.8, 4) is 0 Å². The van der Waals surface area contributed by atoms with Gasteiger partial charge < -0.3 is 5.73 Å². The van der Waals surface area contributed by atoms with Crippen molar-refractivity contribution in [3.63, 3.8) is 0 Å². The maximum absolute atomic E-state index is 12.4. The molecule has 2 atom stereocenters. The Labute approximate surface area is 109 Å². The summed E-state index contributed by atoms with van der Waals surface area (Å²) >= 11 is 0. The van der Waals surface area contributed by atoms with Gasteiger partial charge in [-0.3, -0.25) is 0 Å². The third-order valence-corrected chi connectivity index (χ3v) is 5.42. The summed E-state index contributed by atoms with van der Waals surface area (Å²) in [6, 6.07) is 7.09. The first-order valence-electron chi connectivity index (χ1n) is 6.23. The molecule has 4 nitrogen and oxygen atoms in total. The molecule has 100 valence electrons. The van der Waals surface area contributed by atoms with Gasteiger partial charge in [-0.1, -0.05) is 12.1 Å². The molecule has 0 saturated carbocycles. The molecule has 0 aliphatic carbocycles. The molecule has 5 heteroatoms. The van der Waals surface area contributed by atoms with Crippen molar-refractivity contribution < 1.29 is 8.42 Å². The number of sulfonamides is 1. The van der Waals surface area contributed by atoms with Gasteiger partial charge in [0.25, 0.3) is 0 Å². The van der Waals surface area contributed by atoms with Gasteiger partial charge in [-0.15, -0.1) is 0 Å². The summed E-state index contributed by atoms with van der Waals surface area (Å²) in [5.74, 6) is 0.268. The highest BCUT2D eigenvalue weighted by molar-refractivity contribution is 7.89. The minimum absolute atomic E-state index is 0.0442. The lowest BCUT2D eigenvalue weighted by molar-refractivity contribution is 0.429. The molecular formula is C13H20N2O2S. The van der Waals surface area contributed by atoms with E-state index in [1.54, 1.807) is 22.5 Å². The Balaban J connectivity index is 2.23. The average Bonchev–Trinajstić information content (AvgIpc) is 2.79. The Bertz CT molecular complexity index is 526. The first-order chi connectivity index (χ1) is 8.41. The molecule has 1 aromatic carbocycles. The van der Waals surface area contributed by atoms with E-state index in [9.17, 15) is 8.42 Å². The minimum atomic E-state index is -3.35. The lowest BCUT2D eigenvalue weighted by Crippen LogP contribution is -2.33. The Morgan fingerprint density at radius 2 is 2.17 bits per heavy atom. The first kappa shape index (κ1) is 13.5. The second-order valence-electron chi connectivity index (χ2n) is 5.09. The monoisotopic (exact) mass is 268 g/mol. The van der Waals surface area contributed by atoms with Gasteiger partial charge in [-0.05, 0) is 43.9 Å². The summed E-state index contributed by atoms with van der Waals surface area (Å²) in [4.78, 5) is 0.382. The largest absolute Gasteiger partial charge is 0.328 e. The van der Waals surface area contributed by atoms with E-state index in [1.165, 1.54) is 0 Å². The number of aryl methyl sites for hydroxylation is 1. The van der Waals surface area contributed by atoms with Crippen LogP contribution in [0.2, 0.25) is 0 Å². The summed E-state index contributed by atoms with van der Waals surface area (Å²) in [5.41, 5.74) is 6.80. The molecule has 18 heavy (non-hydrogen) atoms. The van der Waals surface area contributed by atoms with Crippen molar-refractivity contribution in [2.45, 2.75) is 31.2 Å². The highest BCUT2D eigenvalue weighted by Crippen LogP contribution is 2.25. The van der Waals surface area contributed by atoms with Gasteiger partial charge in [0.15, 0.2) is 0 Å². The molecule has 1 fully saturated rings. The number of nitrogens with two attached hydrogens (primary N) is 1. The highest BCUT2D eigenvalue weighted by atomic mass is 32.2. The predicted octanol–water partition coefficient (Wildman–Crippen LogP) is 1.35. The Morgan fingerprint density at radius 1 is 1.44 bits per heavy atom. The van der Waals surface area contributed by atoms with Gasteiger partial charge in [0.1, 0.15) is 0 Å². The number of benzene rings is 1. The summed E-state index contributed by atoms with van der Waals surface area (Å²) in [6.45, 7) is 4.94. The fourth-order valence-electron chi connectivity index (χ4n) is 2.33. The van der Waals surface area contributed by atoms with Crippen molar-refractivity contribution in [1.29, 1.82) is 0 Å². The zero-order valence-corrected chi connectivity index (χ0v) is 11.7. The number of hydrogen-bond donors (Lipinski definition) is 1. The van der Waals surface area contributed by atoms with Crippen LogP contribution in [0.25, 0.3) is 0 Å². The SMILES string of the molecule is Cc1cccc(S(=O)(=O)N2CCC(C(C)N)C2)c1. The van der Waals surface area contributed by atoms with Gasteiger partial charge in [-0.25, -0.2) is 8.42 Å². The summed E-state index contributed by atoms with van der Waals surface area (Å²) in [6.07, 6.45) is 0.850. The molecule has 0 radical (unpaired) electrons. The molecule has 0 amide bonds. The zero-order chi connectivity index (χ0) is 13.3. The number of rotatable bonds is 3. The third-order valence-electron chi connectivity index (χ3n) is 3.56. The summed E-state index contributed by atoms with van der Waals surface area (Å²) in [5, 5.41) is 0. The maximum atomic E-state index is 12.4. The van der Waals surface area contributed by atoms with Crippen molar-refractivity contribution in [2.75, 3.05) is 13.1 Å². The topological polar surface area (TPSA) is 63.4 Å². The Kier molecular flexibility index (Phi) is 3.75. The first-order valence-corrected chi connectivity index (χ1v) is 7.67. The summed E-state index contributed by atoms with van der Waals surface area (Å²) < 4.78 is 26.4. The molecule has 1 heterocycles. The number of nitrogens with zero attached hydrogens (tertiary/aromatic N) is 1. The van der Waals surface area contributed by atoms with Crippen molar-refractivity contribution in [3.05, 3.63) is 29.8 Å². The normalized spacial score (nSPS) is 23.2. The Hall–Kier alpha value is -0.910. The molecule has 2 rings (SSSR count). The molecular weight excluding hydrogens is 248 g/mol. The smallest absolute Gasteiger partial charge is 0.243 e. The lowest BCUT2D eigenvalue weighted by atomic mass is 10.0. The minimum Gasteiger partial charge on any atom is -0.328 e. The third kappa shape index (κ3) is 2.58. The van der Waals surface area contributed by atoms with Gasteiger partial charge in [-0.2, -0.15) is 4.31 Å². The van der Waals surface area contributed by atoms with E-state index in [-0.39, 0.29) is 12.0 Å². The predicted molar refractivity (Wildman–Crippen MR) is 71.7 cm³/mol. The van der Waals surface area contributed by atoms with Gasteiger partial charge >= 0.3 is 0 Å². The second-order valence-corrected chi connectivity index (χ2v) is 7.03. The molecule has 1 aliphatic heterocycles. The van der Waals surface area contributed by atoms with Gasteiger partial charge in [0.2, 0.25) is 10.0 Å². The van der Waals surface area contributed by atoms with Crippen molar-refractivity contribution >= 4 is 10.0 Å². The van der Waals surface area contributed by atoms with Crippen molar-refractivity contribution in [2.24, 2.45) is 11.7 Å². The van der Waals surface area contributed by atoms with E-state index >= 15 is 0 Å². The average molecular weight is 268 g/mol. The van der Waals surface area contributed by atoms with Crippen LogP contribution in [0.15, 0.2) is 29.2 Å². The lowest BCUT2D eigenvalue weighted by Gasteiger charge is -2.18. The van der Waals surface area contributed by atoms with E-state index in [2.05, 4.69) is 0 Å². The maximum Gasteiger partial charge on any atom is 0.243 e. The molecule has 0 spiro atoms. The fraction of sp³-hybridized carbons (Fsp3) is 0.538. The molecule has 2 unspecified atom stereocenters. The van der Waals surface area contributed by atoms with E-state index in [4.69, 9.17) is 5.73 Å². The van der Waals surface area contributed by atoms with E-state index in [0.29, 0.717) is 18.0 Å². The standard InChI is InChI=1S/C13H20N2O2S/c1-10-4-3-5-13(8-10)18(16,17)15-7-6-12(9-15)11(2)14/h3-5,8,11-12H,6-7,9,14H2,1-2H3. The van der Waals surface area contributed by atoms with E-state index < -0.39 is 10.0 Å². The second kappa shape index (κ2) is 4.99. The number of hydrogen-bond acceptors (Lipinski definition) is 3. The van der Waals surface area contributed by atoms with Crippen molar-refractivity contribution in [1.82, 2.24) is 4.31 Å². The van der Waals surface area contributed by atoms with Gasteiger partial charge in [0.05, 0.1) is 4.90 Å². The van der Waals surface area contributed by atoms with Crippen LogP contribution < -0.4 is 5.73 Å². The van der Waals surface area contributed by atoms with Crippen LogP contribution >= 0.6 is 0 Å². The van der Waals surface area contributed by atoms with Crippen LogP contribution in [0.1, 0.15) is 18.9 Å². The van der Waals surface area contributed by atoms with Crippen LogP contribution in [0.5, 0.6) is 0 Å². The molecule has 0 aromatic heterocycles. The fourth-order valence-corrected chi connectivity index (χ4v) is 3.94. The molecule has 0 bridgehead atoms. The van der Waals surface area contributed by atoms with Crippen LogP contribution in [0, 0.1) is 12.8 Å². The van der Waals surface area contributed by atoms with Crippen LogP contribution in [0.3, 0.4) is 0 Å².